The van der Waals surface area contributed by atoms with Gasteiger partial charge in [-0.15, -0.1) is 0 Å². The van der Waals surface area contributed by atoms with Crippen molar-refractivity contribution in [2.75, 3.05) is 11.9 Å². The summed E-state index contributed by atoms with van der Waals surface area (Å²) in [6, 6.07) is 11.7. The van der Waals surface area contributed by atoms with Crippen LogP contribution in [0.5, 0.6) is 0 Å². The van der Waals surface area contributed by atoms with Gasteiger partial charge in [0.25, 0.3) is 0 Å². The number of aliphatic hydroxyl groups is 1. The Morgan fingerprint density at radius 1 is 1.25 bits per heavy atom. The third-order valence-electron chi connectivity index (χ3n) is 3.50. The van der Waals surface area contributed by atoms with E-state index in [2.05, 4.69) is 33.2 Å². The number of nitrogens with one attached hydrogen (secondary N) is 2. The lowest BCUT2D eigenvalue weighted by Gasteiger charge is -2.22. The highest BCUT2D eigenvalue weighted by atomic mass is 127. The second kappa shape index (κ2) is 9.01. The second-order valence-corrected chi connectivity index (χ2v) is 7.26. The summed E-state index contributed by atoms with van der Waals surface area (Å²) in [7, 11) is 0. The summed E-state index contributed by atoms with van der Waals surface area (Å²) in [5.74, 6) is -0.247. The van der Waals surface area contributed by atoms with Crippen LogP contribution >= 0.6 is 45.8 Å². The Morgan fingerprint density at radius 3 is 2.58 bits per heavy atom. The average molecular weight is 479 g/mol. The molecule has 2 unspecified atom stereocenters. The molecule has 2 aromatic carbocycles. The van der Waals surface area contributed by atoms with Crippen molar-refractivity contribution in [3.63, 3.8) is 0 Å². The largest absolute Gasteiger partial charge is 0.394 e. The highest BCUT2D eigenvalue weighted by Gasteiger charge is 2.20. The van der Waals surface area contributed by atoms with Gasteiger partial charge in [-0.25, -0.2) is 0 Å². The van der Waals surface area contributed by atoms with Gasteiger partial charge in [0.1, 0.15) is 0 Å². The first-order chi connectivity index (χ1) is 11.4. The first-order valence-electron chi connectivity index (χ1n) is 7.29. The van der Waals surface area contributed by atoms with Gasteiger partial charge in [-0.1, -0.05) is 41.4 Å². The quantitative estimate of drug-likeness (QED) is 0.544. The molecule has 2 atom stereocenters. The van der Waals surface area contributed by atoms with Gasteiger partial charge < -0.3 is 10.4 Å². The first-order valence-corrected chi connectivity index (χ1v) is 9.13. The maximum Gasteiger partial charge on any atom is 0.241 e. The Hall–Kier alpha value is -0.860. The van der Waals surface area contributed by atoms with Gasteiger partial charge in [0, 0.05) is 8.59 Å². The van der Waals surface area contributed by atoms with E-state index in [1.165, 1.54) is 0 Å². The van der Waals surface area contributed by atoms with Crippen LogP contribution in [0.4, 0.5) is 5.69 Å². The molecule has 2 rings (SSSR count). The Bertz CT molecular complexity index is 727. The summed E-state index contributed by atoms with van der Waals surface area (Å²) in [6.45, 7) is 1.62. The van der Waals surface area contributed by atoms with E-state index >= 15 is 0 Å². The van der Waals surface area contributed by atoms with Crippen LogP contribution in [0.3, 0.4) is 0 Å². The molecule has 7 heteroatoms. The number of hydrogen-bond donors (Lipinski definition) is 3. The van der Waals surface area contributed by atoms with Crippen molar-refractivity contribution in [3.8, 4) is 0 Å². The molecule has 0 saturated heterocycles. The Balaban J connectivity index is 2.06. The van der Waals surface area contributed by atoms with E-state index in [0.717, 1.165) is 9.13 Å². The van der Waals surface area contributed by atoms with Crippen LogP contribution < -0.4 is 10.6 Å². The van der Waals surface area contributed by atoms with Crippen LogP contribution in [0.1, 0.15) is 18.5 Å². The van der Waals surface area contributed by atoms with Crippen LogP contribution in [-0.2, 0) is 4.79 Å². The number of carbonyl (C=O) groups is 1. The molecular formula is C17H17Cl2IN2O2. The number of rotatable bonds is 6. The molecule has 3 N–H and O–H groups in total. The number of aliphatic hydroxyl groups excluding tert-OH is 1. The number of benzene rings is 2. The zero-order valence-electron chi connectivity index (χ0n) is 12.9. The van der Waals surface area contributed by atoms with Crippen LogP contribution in [0.15, 0.2) is 42.5 Å². The molecule has 4 nitrogen and oxygen atoms in total. The normalized spacial score (nSPS) is 13.4. The molecule has 0 aliphatic carbocycles. The summed E-state index contributed by atoms with van der Waals surface area (Å²) in [5, 5.41) is 16.4. The van der Waals surface area contributed by atoms with Crippen molar-refractivity contribution in [2.45, 2.75) is 19.0 Å². The molecular weight excluding hydrogens is 462 g/mol. The van der Waals surface area contributed by atoms with Gasteiger partial charge in [-0.2, -0.15) is 0 Å². The van der Waals surface area contributed by atoms with Crippen molar-refractivity contribution < 1.29 is 9.90 Å². The lowest BCUT2D eigenvalue weighted by Crippen LogP contribution is -2.41. The minimum atomic E-state index is -0.523. The number of halogens is 3. The number of anilines is 1. The van der Waals surface area contributed by atoms with E-state index in [0.29, 0.717) is 15.7 Å². The van der Waals surface area contributed by atoms with Gasteiger partial charge in [0.15, 0.2) is 0 Å². The fourth-order valence-corrected chi connectivity index (χ4v) is 3.43. The maximum absolute atomic E-state index is 12.4. The minimum Gasteiger partial charge on any atom is -0.394 e. The molecule has 0 bridgehead atoms. The van der Waals surface area contributed by atoms with Gasteiger partial charge >= 0.3 is 0 Å². The van der Waals surface area contributed by atoms with E-state index in [9.17, 15) is 9.90 Å². The molecule has 0 fully saturated rings. The van der Waals surface area contributed by atoms with E-state index in [4.69, 9.17) is 23.2 Å². The van der Waals surface area contributed by atoms with E-state index < -0.39 is 6.04 Å². The van der Waals surface area contributed by atoms with Gasteiger partial charge in [-0.3, -0.25) is 10.1 Å². The van der Waals surface area contributed by atoms with Crippen molar-refractivity contribution >= 4 is 57.4 Å². The summed E-state index contributed by atoms with van der Waals surface area (Å²) >= 11 is 14.1. The predicted molar refractivity (Wildman–Crippen MR) is 107 cm³/mol. The third-order valence-corrected chi connectivity index (χ3v) is 5.03. The first kappa shape index (κ1) is 19.5. The lowest BCUT2D eigenvalue weighted by atomic mass is 10.1. The van der Waals surface area contributed by atoms with Gasteiger partial charge in [0.2, 0.25) is 5.91 Å². The molecule has 0 radical (unpaired) electrons. The SMILES string of the molecule is CC(NC(CO)c1ccccc1I)C(=O)Nc1ccc(Cl)cc1Cl. The fraction of sp³-hybridized carbons (Fsp3) is 0.235. The summed E-state index contributed by atoms with van der Waals surface area (Å²) in [5.41, 5.74) is 1.44. The molecule has 1 amide bonds. The highest BCUT2D eigenvalue weighted by Crippen LogP contribution is 2.25. The Kier molecular flexibility index (Phi) is 7.31. The third kappa shape index (κ3) is 5.07. The summed E-state index contributed by atoms with van der Waals surface area (Å²) in [4.78, 5) is 12.4. The van der Waals surface area contributed by atoms with Crippen molar-refractivity contribution in [1.82, 2.24) is 5.32 Å². The molecule has 0 aliphatic rings. The predicted octanol–water partition coefficient (Wildman–Crippen LogP) is 4.25. The van der Waals surface area contributed by atoms with Crippen molar-refractivity contribution in [2.24, 2.45) is 0 Å². The van der Waals surface area contributed by atoms with Gasteiger partial charge in [-0.05, 0) is 59.3 Å². The Labute approximate surface area is 164 Å². The lowest BCUT2D eigenvalue weighted by molar-refractivity contribution is -0.118. The molecule has 2 aromatic rings. The highest BCUT2D eigenvalue weighted by molar-refractivity contribution is 14.1. The molecule has 24 heavy (non-hydrogen) atoms. The number of hydrogen-bond acceptors (Lipinski definition) is 3. The van der Waals surface area contributed by atoms with Crippen molar-refractivity contribution in [3.05, 3.63) is 61.6 Å². The second-order valence-electron chi connectivity index (χ2n) is 5.26. The standard InChI is InChI=1S/C17H17Cl2IN2O2/c1-10(17(24)22-15-7-6-11(18)8-13(15)19)21-16(9-23)12-4-2-3-5-14(12)20/h2-8,10,16,21,23H,9H2,1H3,(H,22,24). The smallest absolute Gasteiger partial charge is 0.241 e. The van der Waals surface area contributed by atoms with Crippen LogP contribution in [-0.4, -0.2) is 23.7 Å². The minimum absolute atomic E-state index is 0.112. The monoisotopic (exact) mass is 478 g/mol. The van der Waals surface area contributed by atoms with E-state index in [-0.39, 0.29) is 18.6 Å². The van der Waals surface area contributed by atoms with Gasteiger partial charge in [0.05, 0.1) is 29.4 Å². The van der Waals surface area contributed by atoms with Crippen LogP contribution in [0, 0.1) is 3.57 Å². The zero-order valence-corrected chi connectivity index (χ0v) is 16.6. The summed E-state index contributed by atoms with van der Waals surface area (Å²) in [6.07, 6.45) is 0. The van der Waals surface area contributed by atoms with Crippen LogP contribution in [0.2, 0.25) is 10.0 Å². The van der Waals surface area contributed by atoms with Crippen molar-refractivity contribution in [1.29, 1.82) is 0 Å². The van der Waals surface area contributed by atoms with E-state index in [1.807, 2.05) is 24.3 Å². The Morgan fingerprint density at radius 2 is 1.96 bits per heavy atom. The molecule has 0 saturated carbocycles. The number of carbonyl (C=O) groups excluding carboxylic acids is 1. The molecule has 0 aromatic heterocycles. The molecule has 128 valence electrons. The summed E-state index contributed by atoms with van der Waals surface area (Å²) < 4.78 is 1.02. The average Bonchev–Trinajstić information content (AvgIpc) is 2.55. The fourth-order valence-electron chi connectivity index (χ4n) is 2.21. The zero-order chi connectivity index (χ0) is 17.7. The van der Waals surface area contributed by atoms with E-state index in [1.54, 1.807) is 25.1 Å². The maximum atomic E-state index is 12.4. The molecule has 0 spiro atoms. The molecule has 0 aliphatic heterocycles. The molecule has 0 heterocycles. The number of amides is 1. The van der Waals surface area contributed by atoms with Crippen LogP contribution in [0.25, 0.3) is 0 Å². The topological polar surface area (TPSA) is 61.4 Å².